The smallest absolute Gasteiger partial charge is 0.155 e. The highest BCUT2D eigenvalue weighted by atomic mass is 15.2. The molecule has 1 aliphatic rings. The first-order chi connectivity index (χ1) is 14.9. The summed E-state index contributed by atoms with van der Waals surface area (Å²) in [7, 11) is 0. The minimum absolute atomic E-state index is 0.757. The van der Waals surface area contributed by atoms with E-state index in [2.05, 4.69) is 53.2 Å². The van der Waals surface area contributed by atoms with Crippen LogP contribution in [0.15, 0.2) is 55.0 Å². The summed E-state index contributed by atoms with van der Waals surface area (Å²) in [5, 5.41) is 9.71. The maximum atomic E-state index is 4.57. The van der Waals surface area contributed by atoms with Gasteiger partial charge >= 0.3 is 0 Å². The average molecular weight is 395 g/mol. The summed E-state index contributed by atoms with van der Waals surface area (Å²) in [5.41, 5.74) is 6.53. The minimum Gasteiger partial charge on any atom is -0.371 e. The molecule has 0 aromatic carbocycles. The van der Waals surface area contributed by atoms with Crippen molar-refractivity contribution in [3.63, 3.8) is 0 Å². The number of pyridine rings is 3. The van der Waals surface area contributed by atoms with Crippen molar-refractivity contribution < 1.29 is 0 Å². The lowest BCUT2D eigenvalue weighted by molar-refractivity contribution is 0.579. The topological polar surface area (TPSA) is 86.4 Å². The van der Waals surface area contributed by atoms with Gasteiger partial charge < -0.3 is 9.88 Å². The van der Waals surface area contributed by atoms with Crippen molar-refractivity contribution in [1.82, 2.24) is 30.1 Å². The van der Waals surface area contributed by atoms with Gasteiger partial charge in [-0.25, -0.2) is 9.97 Å². The van der Waals surface area contributed by atoms with Crippen LogP contribution in [0.1, 0.15) is 19.3 Å². The van der Waals surface area contributed by atoms with Crippen LogP contribution in [-0.2, 0) is 0 Å². The van der Waals surface area contributed by atoms with Gasteiger partial charge in [0.1, 0.15) is 11.3 Å². The van der Waals surface area contributed by atoms with Crippen molar-refractivity contribution in [1.29, 1.82) is 0 Å². The quantitative estimate of drug-likeness (QED) is 0.468. The van der Waals surface area contributed by atoms with Crippen LogP contribution in [0, 0.1) is 0 Å². The molecule has 7 nitrogen and oxygen atoms in total. The SMILES string of the molecule is c1ccc(-c2cnc3[nH]nc(-c4cc5c(N6CCCCC6)ccnc5[nH]4)c3c2)nc1. The standard InChI is InChI=1S/C23H21N7/c1-4-10-30(11-5-1)20-7-9-25-22-16(20)13-19(27-22)21-17-12-15(14-26-23(17)29-28-21)18-6-2-3-8-24-18/h2-3,6-9,12-14H,1,4-5,10-11H2,(H,25,27)(H,26,28,29). The van der Waals surface area contributed by atoms with Crippen LogP contribution < -0.4 is 4.90 Å². The van der Waals surface area contributed by atoms with Gasteiger partial charge in [0.15, 0.2) is 5.65 Å². The number of hydrogen-bond acceptors (Lipinski definition) is 5. The van der Waals surface area contributed by atoms with Crippen LogP contribution in [0.4, 0.5) is 5.69 Å². The van der Waals surface area contributed by atoms with Gasteiger partial charge in [0.25, 0.3) is 0 Å². The first-order valence-corrected chi connectivity index (χ1v) is 10.4. The van der Waals surface area contributed by atoms with E-state index >= 15 is 0 Å². The zero-order valence-corrected chi connectivity index (χ0v) is 16.5. The molecule has 5 aromatic heterocycles. The highest BCUT2D eigenvalue weighted by molar-refractivity contribution is 5.98. The van der Waals surface area contributed by atoms with E-state index in [1.54, 1.807) is 6.20 Å². The summed E-state index contributed by atoms with van der Waals surface area (Å²) in [6.45, 7) is 2.20. The average Bonchev–Trinajstić information content (AvgIpc) is 3.43. The van der Waals surface area contributed by atoms with Gasteiger partial charge in [-0.2, -0.15) is 5.10 Å². The number of hydrogen-bond donors (Lipinski definition) is 2. The van der Waals surface area contributed by atoms with E-state index in [0.717, 1.165) is 57.8 Å². The van der Waals surface area contributed by atoms with Crippen LogP contribution in [0.3, 0.4) is 0 Å². The Morgan fingerprint density at radius 1 is 0.833 bits per heavy atom. The molecule has 0 atom stereocenters. The van der Waals surface area contributed by atoms with Gasteiger partial charge in [0.05, 0.1) is 11.4 Å². The Kier molecular flexibility index (Phi) is 3.97. The summed E-state index contributed by atoms with van der Waals surface area (Å²) >= 11 is 0. The van der Waals surface area contributed by atoms with E-state index in [1.165, 1.54) is 24.9 Å². The number of piperidine rings is 1. The number of rotatable bonds is 3. The molecule has 30 heavy (non-hydrogen) atoms. The molecule has 0 bridgehead atoms. The molecular formula is C23H21N7. The van der Waals surface area contributed by atoms with Gasteiger partial charge in [-0.1, -0.05) is 6.07 Å². The summed E-state index contributed by atoms with van der Waals surface area (Å²) in [4.78, 5) is 19.5. The van der Waals surface area contributed by atoms with Crippen molar-refractivity contribution in [2.75, 3.05) is 18.0 Å². The Balaban J connectivity index is 1.47. The van der Waals surface area contributed by atoms with Crippen molar-refractivity contribution in [2.45, 2.75) is 19.3 Å². The lowest BCUT2D eigenvalue weighted by Gasteiger charge is -2.29. The fourth-order valence-electron chi connectivity index (χ4n) is 4.33. The molecule has 0 spiro atoms. The molecule has 0 aliphatic carbocycles. The molecule has 2 N–H and O–H groups in total. The summed E-state index contributed by atoms with van der Waals surface area (Å²) in [6.07, 6.45) is 9.30. The molecule has 0 amide bonds. The second kappa shape index (κ2) is 6.95. The van der Waals surface area contributed by atoms with E-state index in [9.17, 15) is 0 Å². The number of aromatic nitrogens is 6. The molecule has 6 rings (SSSR count). The van der Waals surface area contributed by atoms with E-state index in [0.29, 0.717) is 0 Å². The van der Waals surface area contributed by atoms with Crippen LogP contribution >= 0.6 is 0 Å². The minimum atomic E-state index is 0.757. The predicted octanol–water partition coefficient (Wildman–Crippen LogP) is 4.55. The fourth-order valence-corrected chi connectivity index (χ4v) is 4.33. The lowest BCUT2D eigenvalue weighted by atomic mass is 10.1. The van der Waals surface area contributed by atoms with E-state index in [1.807, 2.05) is 30.6 Å². The van der Waals surface area contributed by atoms with Crippen molar-refractivity contribution in [2.24, 2.45) is 0 Å². The summed E-state index contributed by atoms with van der Waals surface area (Å²) < 4.78 is 0. The molecule has 6 heterocycles. The molecule has 0 unspecified atom stereocenters. The van der Waals surface area contributed by atoms with E-state index in [4.69, 9.17) is 0 Å². The van der Waals surface area contributed by atoms with Crippen molar-refractivity contribution in [3.8, 4) is 22.6 Å². The number of H-pyrrole nitrogens is 2. The van der Waals surface area contributed by atoms with Crippen LogP contribution in [-0.4, -0.2) is 43.2 Å². The van der Waals surface area contributed by atoms with Gasteiger partial charge in [0.2, 0.25) is 0 Å². The summed E-state index contributed by atoms with van der Waals surface area (Å²) in [6, 6.07) is 12.3. The van der Waals surface area contributed by atoms with Gasteiger partial charge in [-0.15, -0.1) is 0 Å². The Morgan fingerprint density at radius 3 is 2.63 bits per heavy atom. The van der Waals surface area contributed by atoms with Crippen LogP contribution in [0.5, 0.6) is 0 Å². The second-order valence-corrected chi connectivity index (χ2v) is 7.73. The van der Waals surface area contributed by atoms with Gasteiger partial charge in [-0.3, -0.25) is 10.1 Å². The molecule has 1 fully saturated rings. The Morgan fingerprint density at radius 2 is 1.77 bits per heavy atom. The zero-order valence-electron chi connectivity index (χ0n) is 16.5. The molecule has 5 aromatic rings. The van der Waals surface area contributed by atoms with Gasteiger partial charge in [0, 0.05) is 53.7 Å². The van der Waals surface area contributed by atoms with Crippen molar-refractivity contribution in [3.05, 3.63) is 55.0 Å². The number of anilines is 1. The molecule has 0 radical (unpaired) electrons. The summed E-state index contributed by atoms with van der Waals surface area (Å²) in [5.74, 6) is 0. The number of aromatic amines is 2. The predicted molar refractivity (Wildman–Crippen MR) is 118 cm³/mol. The Bertz CT molecular complexity index is 1330. The molecule has 1 saturated heterocycles. The number of fused-ring (bicyclic) bond motifs is 2. The molecule has 0 saturated carbocycles. The van der Waals surface area contributed by atoms with Crippen LogP contribution in [0.2, 0.25) is 0 Å². The maximum absolute atomic E-state index is 4.57. The highest BCUT2D eigenvalue weighted by Gasteiger charge is 2.18. The maximum Gasteiger partial charge on any atom is 0.155 e. The Hall–Kier alpha value is -3.74. The monoisotopic (exact) mass is 395 g/mol. The third-order valence-corrected chi connectivity index (χ3v) is 5.84. The normalized spacial score (nSPS) is 14.6. The highest BCUT2D eigenvalue weighted by Crippen LogP contribution is 2.34. The first kappa shape index (κ1) is 17.1. The Labute approximate surface area is 173 Å². The molecule has 7 heteroatoms. The number of nitrogens with one attached hydrogen (secondary N) is 2. The molecule has 148 valence electrons. The van der Waals surface area contributed by atoms with Crippen LogP contribution in [0.25, 0.3) is 44.7 Å². The van der Waals surface area contributed by atoms with E-state index < -0.39 is 0 Å². The third kappa shape index (κ3) is 2.82. The first-order valence-electron chi connectivity index (χ1n) is 10.4. The number of nitrogens with zero attached hydrogens (tertiary/aromatic N) is 5. The largest absolute Gasteiger partial charge is 0.371 e. The second-order valence-electron chi connectivity index (χ2n) is 7.73. The zero-order chi connectivity index (χ0) is 19.9. The molecular weight excluding hydrogens is 374 g/mol. The van der Waals surface area contributed by atoms with Crippen molar-refractivity contribution >= 4 is 27.8 Å². The lowest BCUT2D eigenvalue weighted by Crippen LogP contribution is -2.29. The molecule has 1 aliphatic heterocycles. The fraction of sp³-hybridized carbons (Fsp3) is 0.217. The third-order valence-electron chi connectivity index (χ3n) is 5.84. The van der Waals surface area contributed by atoms with Gasteiger partial charge in [-0.05, 0) is 49.6 Å². The van der Waals surface area contributed by atoms with E-state index in [-0.39, 0.29) is 0 Å².